The molecule has 1 N–H and O–H groups in total. The summed E-state index contributed by atoms with van der Waals surface area (Å²) >= 11 is 0. The second kappa shape index (κ2) is 8.63. The van der Waals surface area contributed by atoms with E-state index < -0.39 is 0 Å². The normalized spacial score (nSPS) is 22.8. The van der Waals surface area contributed by atoms with Crippen molar-refractivity contribution in [2.75, 3.05) is 18.4 Å². The molecule has 0 aliphatic carbocycles. The molecule has 6 heteroatoms. The summed E-state index contributed by atoms with van der Waals surface area (Å²) in [4.78, 5) is 27.0. The molecule has 0 bridgehead atoms. The molecule has 1 aliphatic rings. The van der Waals surface area contributed by atoms with Crippen molar-refractivity contribution in [1.82, 2.24) is 9.47 Å². The number of carbonyl (C=O) groups excluding carboxylic acids is 1. The molecule has 3 atom stereocenters. The number of amides is 1. The van der Waals surface area contributed by atoms with Gasteiger partial charge in [-0.1, -0.05) is 20.8 Å². The zero-order chi connectivity index (χ0) is 18.6. The first-order valence-corrected chi connectivity index (χ1v) is 9.22. The van der Waals surface area contributed by atoms with Gasteiger partial charge in [-0.05, 0) is 32.3 Å². The number of aryl methyl sites for hydroxylation is 1. The lowest BCUT2D eigenvalue weighted by atomic mass is 9.99. The highest BCUT2D eigenvalue weighted by Crippen LogP contribution is 2.20. The van der Waals surface area contributed by atoms with Crippen molar-refractivity contribution in [2.45, 2.75) is 65.8 Å². The zero-order valence-corrected chi connectivity index (χ0v) is 16.0. The molecular formula is C19H31N3O3. The number of nitrogens with zero attached hydrogens (tertiary/aromatic N) is 2. The molecule has 0 aromatic carbocycles. The number of morpholine rings is 1. The molecule has 140 valence electrons. The van der Waals surface area contributed by atoms with Crippen LogP contribution in [0.3, 0.4) is 0 Å². The number of hydrogen-bond donors (Lipinski definition) is 1. The average Bonchev–Trinajstić information content (AvgIpc) is 2.49. The van der Waals surface area contributed by atoms with Gasteiger partial charge in [0, 0.05) is 31.9 Å². The van der Waals surface area contributed by atoms with Gasteiger partial charge in [-0.2, -0.15) is 0 Å². The van der Waals surface area contributed by atoms with Crippen LogP contribution in [0.25, 0.3) is 0 Å². The van der Waals surface area contributed by atoms with E-state index in [1.54, 1.807) is 16.8 Å². The van der Waals surface area contributed by atoms with Gasteiger partial charge in [-0.15, -0.1) is 0 Å². The Kier molecular flexibility index (Phi) is 6.79. The fraction of sp³-hybridized carbons (Fsp3) is 0.684. The quantitative estimate of drug-likeness (QED) is 0.856. The molecule has 1 aliphatic heterocycles. The lowest BCUT2D eigenvalue weighted by molar-refractivity contribution is -0.130. The molecule has 6 nitrogen and oxygen atoms in total. The maximum atomic E-state index is 12.9. The second-order valence-corrected chi connectivity index (χ2v) is 7.34. The summed E-state index contributed by atoms with van der Waals surface area (Å²) in [6.07, 6.45) is 2.83. The van der Waals surface area contributed by atoms with Crippen molar-refractivity contribution in [3.05, 3.63) is 28.7 Å². The first-order valence-electron chi connectivity index (χ1n) is 9.22. The summed E-state index contributed by atoms with van der Waals surface area (Å²) in [5, 5.41) is 3.00. The maximum absolute atomic E-state index is 12.9. The summed E-state index contributed by atoms with van der Waals surface area (Å²) in [5.74, 6) is 0.150. The third-order valence-electron chi connectivity index (χ3n) is 4.46. The van der Waals surface area contributed by atoms with Crippen LogP contribution < -0.4 is 10.9 Å². The number of rotatable bonds is 6. The number of aromatic nitrogens is 1. The molecule has 2 rings (SSSR count). The van der Waals surface area contributed by atoms with Crippen molar-refractivity contribution in [3.63, 3.8) is 0 Å². The van der Waals surface area contributed by atoms with E-state index in [0.717, 1.165) is 19.5 Å². The Morgan fingerprint density at radius 3 is 2.48 bits per heavy atom. The van der Waals surface area contributed by atoms with Gasteiger partial charge in [0.2, 0.25) is 5.91 Å². The molecule has 1 saturated heterocycles. The van der Waals surface area contributed by atoms with Gasteiger partial charge in [-0.3, -0.25) is 14.5 Å². The minimum atomic E-state index is -0.222. The molecule has 0 spiro atoms. The number of anilines is 1. The number of pyridine rings is 1. The number of ether oxygens (including phenoxy) is 1. The highest BCUT2D eigenvalue weighted by atomic mass is 16.5. The summed E-state index contributed by atoms with van der Waals surface area (Å²) in [6, 6.07) is 2.96. The lowest BCUT2D eigenvalue weighted by Crippen LogP contribution is -2.55. The Hall–Kier alpha value is -1.66. The first kappa shape index (κ1) is 19.7. The van der Waals surface area contributed by atoms with Gasteiger partial charge in [0.05, 0.1) is 23.9 Å². The third kappa shape index (κ3) is 5.16. The van der Waals surface area contributed by atoms with Crippen LogP contribution in [-0.4, -0.2) is 46.7 Å². The van der Waals surface area contributed by atoms with E-state index in [9.17, 15) is 9.59 Å². The van der Waals surface area contributed by atoms with Crippen LogP contribution in [0, 0.1) is 5.92 Å². The van der Waals surface area contributed by atoms with Gasteiger partial charge >= 0.3 is 0 Å². The van der Waals surface area contributed by atoms with Crippen molar-refractivity contribution >= 4 is 11.6 Å². The molecule has 25 heavy (non-hydrogen) atoms. The van der Waals surface area contributed by atoms with Gasteiger partial charge < -0.3 is 14.6 Å². The predicted octanol–water partition coefficient (Wildman–Crippen LogP) is 2.33. The van der Waals surface area contributed by atoms with Crippen LogP contribution in [0.4, 0.5) is 5.69 Å². The molecule has 1 aromatic heterocycles. The van der Waals surface area contributed by atoms with E-state index in [0.29, 0.717) is 12.2 Å². The first-order chi connectivity index (χ1) is 11.8. The van der Waals surface area contributed by atoms with Gasteiger partial charge in [0.1, 0.15) is 0 Å². The van der Waals surface area contributed by atoms with Crippen LogP contribution in [0.15, 0.2) is 23.1 Å². The van der Waals surface area contributed by atoms with E-state index in [1.807, 2.05) is 20.8 Å². The van der Waals surface area contributed by atoms with Crippen LogP contribution in [0.5, 0.6) is 0 Å². The Morgan fingerprint density at radius 2 is 1.92 bits per heavy atom. The van der Waals surface area contributed by atoms with Gasteiger partial charge in [-0.25, -0.2) is 0 Å². The minimum absolute atomic E-state index is 0.0296. The van der Waals surface area contributed by atoms with Gasteiger partial charge in [0.15, 0.2) is 0 Å². The zero-order valence-electron chi connectivity index (χ0n) is 16.0. The Morgan fingerprint density at radius 1 is 1.28 bits per heavy atom. The standard InChI is InChI=1S/C19H31N3O3/c1-6-9-21-12-16(7-8-17(21)23)20-19(24)18(13(2)3)22-10-14(4)25-15(5)11-22/h7-8,12-15,18H,6,9-11H2,1-5H3,(H,20,24)/t14-,15+,18-/m0/s1. The monoisotopic (exact) mass is 349 g/mol. The number of carbonyl (C=O) groups is 1. The molecule has 0 saturated carbocycles. The van der Waals surface area contributed by atoms with Crippen LogP contribution in [0.2, 0.25) is 0 Å². The van der Waals surface area contributed by atoms with E-state index in [1.165, 1.54) is 6.07 Å². The topological polar surface area (TPSA) is 63.6 Å². The molecule has 0 unspecified atom stereocenters. The molecular weight excluding hydrogens is 318 g/mol. The Balaban J connectivity index is 2.15. The van der Waals surface area contributed by atoms with Gasteiger partial charge in [0.25, 0.3) is 5.56 Å². The van der Waals surface area contributed by atoms with E-state index in [-0.39, 0.29) is 35.6 Å². The SMILES string of the molecule is CCCn1cc(NC(=O)[C@H](C(C)C)N2C[C@@H](C)O[C@@H](C)C2)ccc1=O. The van der Waals surface area contributed by atoms with Crippen LogP contribution in [0.1, 0.15) is 41.0 Å². The third-order valence-corrected chi connectivity index (χ3v) is 4.46. The summed E-state index contributed by atoms with van der Waals surface area (Å²) in [5.41, 5.74) is 0.620. The summed E-state index contributed by atoms with van der Waals surface area (Å²) in [7, 11) is 0. The summed E-state index contributed by atoms with van der Waals surface area (Å²) < 4.78 is 7.43. The van der Waals surface area contributed by atoms with Crippen LogP contribution in [-0.2, 0) is 16.1 Å². The molecule has 0 radical (unpaired) electrons. The lowest BCUT2D eigenvalue weighted by Gasteiger charge is -2.41. The predicted molar refractivity (Wildman–Crippen MR) is 99.8 cm³/mol. The number of nitrogens with one attached hydrogen (secondary N) is 1. The molecule has 1 fully saturated rings. The molecule has 1 amide bonds. The fourth-order valence-corrected chi connectivity index (χ4v) is 3.57. The highest BCUT2D eigenvalue weighted by Gasteiger charge is 2.34. The maximum Gasteiger partial charge on any atom is 0.250 e. The molecule has 1 aromatic rings. The highest BCUT2D eigenvalue weighted by molar-refractivity contribution is 5.94. The largest absolute Gasteiger partial charge is 0.373 e. The van der Waals surface area contributed by atoms with Crippen molar-refractivity contribution in [2.24, 2.45) is 5.92 Å². The second-order valence-electron chi connectivity index (χ2n) is 7.34. The van der Waals surface area contributed by atoms with E-state index >= 15 is 0 Å². The fourth-order valence-electron chi connectivity index (χ4n) is 3.57. The van der Waals surface area contributed by atoms with Crippen molar-refractivity contribution in [3.8, 4) is 0 Å². The Bertz CT molecular complexity index is 631. The van der Waals surface area contributed by atoms with E-state index in [2.05, 4.69) is 24.1 Å². The van der Waals surface area contributed by atoms with Crippen molar-refractivity contribution < 1.29 is 9.53 Å². The number of hydrogen-bond acceptors (Lipinski definition) is 4. The van der Waals surface area contributed by atoms with Crippen molar-refractivity contribution in [1.29, 1.82) is 0 Å². The summed E-state index contributed by atoms with van der Waals surface area (Å²) in [6.45, 7) is 12.4. The van der Waals surface area contributed by atoms with Crippen LogP contribution >= 0.6 is 0 Å². The Labute approximate surface area is 150 Å². The molecule has 2 heterocycles. The average molecular weight is 349 g/mol. The van der Waals surface area contributed by atoms with E-state index in [4.69, 9.17) is 4.74 Å². The smallest absolute Gasteiger partial charge is 0.250 e. The minimum Gasteiger partial charge on any atom is -0.373 e.